The van der Waals surface area contributed by atoms with Crippen LogP contribution < -0.4 is 10.9 Å². The molecular weight excluding hydrogens is 467 g/mol. The third-order valence-corrected chi connectivity index (χ3v) is 3.98. The zero-order valence-corrected chi connectivity index (χ0v) is 17.7. The molecule has 2 rings (SSSR count). The fourth-order valence-electron chi connectivity index (χ4n) is 2.56. The molecule has 1 heterocycles. The van der Waals surface area contributed by atoms with Crippen molar-refractivity contribution in [3.05, 3.63) is 63.6 Å². The van der Waals surface area contributed by atoms with Gasteiger partial charge in [-0.1, -0.05) is 0 Å². The molecule has 12 nitrogen and oxygen atoms in total. The van der Waals surface area contributed by atoms with Gasteiger partial charge in [0.2, 0.25) is 0 Å². The highest BCUT2D eigenvalue weighted by atomic mass is 19.4. The molecule has 182 valence electrons. The van der Waals surface area contributed by atoms with Crippen molar-refractivity contribution in [3.8, 4) is 5.69 Å². The lowest BCUT2D eigenvalue weighted by molar-refractivity contribution is -0.384. The maximum Gasteiger partial charge on any atom is 0.434 e. The molecular formula is C19H18F3N5O7. The molecule has 1 aromatic heterocycles. The van der Waals surface area contributed by atoms with Gasteiger partial charge in [0.1, 0.15) is 0 Å². The Labute approximate surface area is 189 Å². The summed E-state index contributed by atoms with van der Waals surface area (Å²) in [5.74, 6) is -3.46. The average Bonchev–Trinajstić information content (AvgIpc) is 3.23. The number of nitrogens with zero attached hydrogens (tertiary/aromatic N) is 3. The molecule has 15 heteroatoms. The summed E-state index contributed by atoms with van der Waals surface area (Å²) in [4.78, 5) is 46.2. The highest BCUT2D eigenvalue weighted by Gasteiger charge is 2.40. The number of hydrazine groups is 1. The van der Waals surface area contributed by atoms with Gasteiger partial charge in [-0.15, -0.1) is 0 Å². The number of amides is 1. The van der Waals surface area contributed by atoms with Gasteiger partial charge in [0.25, 0.3) is 11.6 Å². The van der Waals surface area contributed by atoms with Crippen molar-refractivity contribution in [3.63, 3.8) is 0 Å². The molecule has 0 spiro atoms. The quantitative estimate of drug-likeness (QED) is 0.136. The van der Waals surface area contributed by atoms with Gasteiger partial charge in [0, 0.05) is 18.3 Å². The van der Waals surface area contributed by atoms with Crippen LogP contribution in [0, 0.1) is 10.1 Å². The second-order valence-corrected chi connectivity index (χ2v) is 6.19. The summed E-state index contributed by atoms with van der Waals surface area (Å²) < 4.78 is 50.9. The van der Waals surface area contributed by atoms with Crippen molar-refractivity contribution < 1.29 is 42.0 Å². The number of carbonyl (C=O) groups excluding carboxylic acids is 3. The lowest BCUT2D eigenvalue weighted by Gasteiger charge is -2.13. The van der Waals surface area contributed by atoms with Crippen molar-refractivity contribution in [1.82, 2.24) is 20.6 Å². The number of nitro benzene ring substituents is 1. The number of non-ortho nitro benzene ring substituents is 1. The van der Waals surface area contributed by atoms with Crippen molar-refractivity contribution in [2.24, 2.45) is 0 Å². The van der Waals surface area contributed by atoms with Crippen LogP contribution in [0.15, 0.2) is 42.2 Å². The van der Waals surface area contributed by atoms with Gasteiger partial charge in [-0.05, 0) is 26.0 Å². The van der Waals surface area contributed by atoms with E-state index in [9.17, 15) is 37.7 Å². The highest BCUT2D eigenvalue weighted by Crippen LogP contribution is 2.33. The number of rotatable bonds is 9. The molecule has 1 aromatic carbocycles. The molecule has 0 bridgehead atoms. The van der Waals surface area contributed by atoms with E-state index in [-0.39, 0.29) is 24.6 Å². The summed E-state index contributed by atoms with van der Waals surface area (Å²) in [5.41, 5.74) is 0.438. The molecule has 0 atom stereocenters. The van der Waals surface area contributed by atoms with Crippen molar-refractivity contribution in [1.29, 1.82) is 0 Å². The number of benzene rings is 1. The molecule has 2 N–H and O–H groups in total. The topological polar surface area (TPSA) is 155 Å². The lowest BCUT2D eigenvalue weighted by atomic mass is 10.2. The van der Waals surface area contributed by atoms with E-state index in [4.69, 9.17) is 0 Å². The number of hydrogen-bond donors (Lipinski definition) is 2. The SMILES string of the molecule is CCOC(=O)C(=CNNC(=O)c1cnn(-c2ccc([N+](=O)[O-])cc2)c1C(F)(F)F)C(=O)OCC. The number of nitro groups is 1. The van der Waals surface area contributed by atoms with Crippen molar-refractivity contribution in [2.45, 2.75) is 20.0 Å². The maximum atomic E-state index is 13.7. The first kappa shape index (κ1) is 25.8. The average molecular weight is 485 g/mol. The predicted octanol–water partition coefficient (Wildman–Crippen LogP) is 2.04. The minimum Gasteiger partial charge on any atom is -0.462 e. The van der Waals surface area contributed by atoms with E-state index < -0.39 is 45.8 Å². The van der Waals surface area contributed by atoms with Crippen LogP contribution in [0.5, 0.6) is 0 Å². The smallest absolute Gasteiger partial charge is 0.434 e. The summed E-state index contributed by atoms with van der Waals surface area (Å²) in [5, 5.41) is 14.3. The molecule has 0 aliphatic rings. The third-order valence-electron chi connectivity index (χ3n) is 3.98. The minimum atomic E-state index is -5.04. The summed E-state index contributed by atoms with van der Waals surface area (Å²) in [6.45, 7) is 2.83. The Balaban J connectivity index is 2.32. The first-order valence-corrected chi connectivity index (χ1v) is 9.51. The van der Waals surface area contributed by atoms with Crippen LogP contribution in [0.4, 0.5) is 18.9 Å². The zero-order chi connectivity index (χ0) is 25.5. The molecule has 0 unspecified atom stereocenters. The number of ether oxygens (including phenoxy) is 2. The number of hydrogen-bond acceptors (Lipinski definition) is 9. The van der Waals surface area contributed by atoms with Crippen LogP contribution in [0.25, 0.3) is 5.69 Å². The van der Waals surface area contributed by atoms with Crippen LogP contribution in [0.2, 0.25) is 0 Å². The Morgan fingerprint density at radius 3 is 2.15 bits per heavy atom. The van der Waals surface area contributed by atoms with Gasteiger partial charge >= 0.3 is 18.1 Å². The van der Waals surface area contributed by atoms with Gasteiger partial charge in [0.05, 0.1) is 35.6 Å². The molecule has 0 aliphatic heterocycles. The van der Waals surface area contributed by atoms with E-state index in [1.54, 1.807) is 0 Å². The Morgan fingerprint density at radius 2 is 1.68 bits per heavy atom. The monoisotopic (exact) mass is 485 g/mol. The third kappa shape index (κ3) is 6.08. The van der Waals surface area contributed by atoms with E-state index >= 15 is 0 Å². The van der Waals surface area contributed by atoms with Crippen LogP contribution in [-0.2, 0) is 25.2 Å². The normalized spacial score (nSPS) is 10.7. The molecule has 1 amide bonds. The number of nitrogens with one attached hydrogen (secondary N) is 2. The summed E-state index contributed by atoms with van der Waals surface area (Å²) in [6.07, 6.45) is -3.69. The Hall–Kier alpha value is -4.43. The molecule has 0 aliphatic carbocycles. The van der Waals surface area contributed by atoms with Gasteiger partial charge < -0.3 is 14.9 Å². The second kappa shape index (κ2) is 10.9. The summed E-state index contributed by atoms with van der Waals surface area (Å²) >= 11 is 0. The maximum absolute atomic E-state index is 13.7. The van der Waals surface area contributed by atoms with E-state index in [0.29, 0.717) is 17.1 Å². The van der Waals surface area contributed by atoms with E-state index in [0.717, 1.165) is 24.3 Å². The van der Waals surface area contributed by atoms with E-state index in [2.05, 4.69) is 20.0 Å². The fourth-order valence-corrected chi connectivity index (χ4v) is 2.56. The van der Waals surface area contributed by atoms with Crippen LogP contribution in [0.3, 0.4) is 0 Å². The van der Waals surface area contributed by atoms with Gasteiger partial charge in [-0.3, -0.25) is 20.3 Å². The Bertz CT molecular complexity index is 1090. The van der Waals surface area contributed by atoms with Crippen molar-refractivity contribution in [2.75, 3.05) is 13.2 Å². The van der Waals surface area contributed by atoms with Gasteiger partial charge in [0.15, 0.2) is 11.3 Å². The number of alkyl halides is 3. The molecule has 2 aromatic rings. The zero-order valence-electron chi connectivity index (χ0n) is 17.7. The largest absolute Gasteiger partial charge is 0.462 e. The molecule has 0 radical (unpaired) electrons. The lowest BCUT2D eigenvalue weighted by Crippen LogP contribution is -2.36. The predicted molar refractivity (Wildman–Crippen MR) is 107 cm³/mol. The Morgan fingerprint density at radius 1 is 1.12 bits per heavy atom. The number of carbonyl (C=O) groups is 3. The Kier molecular flexibility index (Phi) is 8.30. The van der Waals surface area contributed by atoms with Gasteiger partial charge in [-0.2, -0.15) is 18.3 Å². The number of halogens is 3. The van der Waals surface area contributed by atoms with Crippen LogP contribution in [-0.4, -0.2) is 45.8 Å². The molecule has 0 saturated carbocycles. The highest BCUT2D eigenvalue weighted by molar-refractivity contribution is 6.14. The summed E-state index contributed by atoms with van der Waals surface area (Å²) in [7, 11) is 0. The standard InChI is InChI=1S/C19H18F3N5O7/c1-3-33-17(29)14(18(30)34-4-2)9-23-25-16(28)13-10-24-26(15(13)19(20,21)22)11-5-7-12(8-6-11)27(31)32/h5-10,23H,3-4H2,1-2H3,(H,25,28). The van der Waals surface area contributed by atoms with Crippen molar-refractivity contribution >= 4 is 23.5 Å². The number of aromatic nitrogens is 2. The van der Waals surface area contributed by atoms with Gasteiger partial charge in [-0.25, -0.2) is 14.3 Å². The van der Waals surface area contributed by atoms with E-state index in [1.807, 2.05) is 5.43 Å². The first-order chi connectivity index (χ1) is 16.0. The number of esters is 2. The van der Waals surface area contributed by atoms with E-state index in [1.165, 1.54) is 13.8 Å². The molecule has 0 fully saturated rings. The second-order valence-electron chi connectivity index (χ2n) is 6.19. The first-order valence-electron chi connectivity index (χ1n) is 9.51. The van der Waals surface area contributed by atoms with Crippen LogP contribution >= 0.6 is 0 Å². The minimum absolute atomic E-state index is 0.0707. The van der Waals surface area contributed by atoms with Crippen LogP contribution in [0.1, 0.15) is 29.9 Å². The molecule has 34 heavy (non-hydrogen) atoms. The summed E-state index contributed by atoms with van der Waals surface area (Å²) in [6, 6.07) is 4.03. The fraction of sp³-hybridized carbons (Fsp3) is 0.263. The molecule has 0 saturated heterocycles.